The van der Waals surface area contributed by atoms with E-state index in [9.17, 15) is 5.11 Å². The van der Waals surface area contributed by atoms with Crippen molar-refractivity contribution in [3.8, 4) is 11.5 Å². The van der Waals surface area contributed by atoms with E-state index in [1.165, 1.54) is 0 Å². The molecule has 0 aromatic heterocycles. The van der Waals surface area contributed by atoms with Crippen molar-refractivity contribution >= 4 is 0 Å². The predicted octanol–water partition coefficient (Wildman–Crippen LogP) is 4.64. The van der Waals surface area contributed by atoms with Crippen molar-refractivity contribution < 1.29 is 9.84 Å². The highest BCUT2D eigenvalue weighted by atomic mass is 16.5. The van der Waals surface area contributed by atoms with Crippen LogP contribution in [0.2, 0.25) is 0 Å². The van der Waals surface area contributed by atoms with E-state index < -0.39 is 0 Å². The number of aromatic hydroxyl groups is 1. The van der Waals surface area contributed by atoms with E-state index in [-0.39, 0.29) is 0 Å². The van der Waals surface area contributed by atoms with Crippen LogP contribution in [0.5, 0.6) is 11.5 Å². The second kappa shape index (κ2) is 7.80. The Balaban J connectivity index is 2.91. The molecule has 1 unspecified atom stereocenters. The summed E-state index contributed by atoms with van der Waals surface area (Å²) in [6.07, 6.45) is 7.40. The number of hydrogen-bond acceptors (Lipinski definition) is 2. The molecule has 1 atom stereocenters. The molecule has 0 fully saturated rings. The van der Waals surface area contributed by atoms with Gasteiger partial charge in [-0.15, -0.1) is 0 Å². The van der Waals surface area contributed by atoms with E-state index in [0.29, 0.717) is 24.0 Å². The number of phenolic OH excluding ortho intramolecular Hbond substituents is 1. The first-order chi connectivity index (χ1) is 8.74. The van der Waals surface area contributed by atoms with Crippen molar-refractivity contribution in [2.45, 2.75) is 46.0 Å². The molecular weight excluding hydrogens is 224 g/mol. The Morgan fingerprint density at radius 3 is 2.61 bits per heavy atom. The third kappa shape index (κ3) is 3.80. The van der Waals surface area contributed by atoms with E-state index in [0.717, 1.165) is 24.8 Å². The molecule has 0 aliphatic carbocycles. The third-order valence-electron chi connectivity index (χ3n) is 3.09. The molecule has 0 amide bonds. The van der Waals surface area contributed by atoms with Gasteiger partial charge in [-0.05, 0) is 38.2 Å². The molecule has 0 saturated carbocycles. The maximum Gasteiger partial charge on any atom is 0.161 e. The van der Waals surface area contributed by atoms with Crippen LogP contribution in [0.4, 0.5) is 0 Å². The molecule has 2 nitrogen and oxygen atoms in total. The van der Waals surface area contributed by atoms with E-state index in [1.54, 1.807) is 0 Å². The molecule has 0 radical (unpaired) electrons. The van der Waals surface area contributed by atoms with Gasteiger partial charge in [0.2, 0.25) is 0 Å². The van der Waals surface area contributed by atoms with E-state index in [1.807, 2.05) is 25.1 Å². The van der Waals surface area contributed by atoms with Crippen LogP contribution in [-0.4, -0.2) is 11.7 Å². The van der Waals surface area contributed by atoms with Gasteiger partial charge in [-0.2, -0.15) is 0 Å². The summed E-state index contributed by atoms with van der Waals surface area (Å²) < 4.78 is 5.43. The number of hydrogen-bond donors (Lipinski definition) is 1. The van der Waals surface area contributed by atoms with Crippen molar-refractivity contribution in [3.05, 3.63) is 35.9 Å². The quantitative estimate of drug-likeness (QED) is 0.712. The summed E-state index contributed by atoms with van der Waals surface area (Å²) in [5.74, 6) is 1.25. The van der Waals surface area contributed by atoms with Gasteiger partial charge < -0.3 is 9.84 Å². The van der Waals surface area contributed by atoms with Gasteiger partial charge in [-0.25, -0.2) is 0 Å². The average Bonchev–Trinajstić information content (AvgIpc) is 2.38. The molecule has 0 aliphatic rings. The Bertz CT molecular complexity index is 383. The Labute approximate surface area is 110 Å². The minimum atomic E-state index is 0.302. The molecular formula is C16H24O2. The van der Waals surface area contributed by atoms with Crippen molar-refractivity contribution in [1.29, 1.82) is 0 Å². The highest BCUT2D eigenvalue weighted by molar-refractivity contribution is 5.47. The number of rotatable bonds is 7. The first kappa shape index (κ1) is 14.6. The van der Waals surface area contributed by atoms with Gasteiger partial charge >= 0.3 is 0 Å². The zero-order valence-corrected chi connectivity index (χ0v) is 11.6. The predicted molar refractivity (Wildman–Crippen MR) is 76.4 cm³/mol. The zero-order chi connectivity index (χ0) is 13.4. The molecule has 0 bridgehead atoms. The average molecular weight is 248 g/mol. The molecule has 1 N–H and O–H groups in total. The maximum atomic E-state index is 10.2. The minimum Gasteiger partial charge on any atom is -0.504 e. The number of para-hydroxylation sites is 1. The smallest absolute Gasteiger partial charge is 0.161 e. The maximum absolute atomic E-state index is 10.2. The number of phenols is 1. The Kier molecular flexibility index (Phi) is 6.34. The fraction of sp³-hybridized carbons (Fsp3) is 0.500. The van der Waals surface area contributed by atoms with Gasteiger partial charge in [-0.1, -0.05) is 38.1 Å². The zero-order valence-electron chi connectivity index (χ0n) is 11.6. The Morgan fingerprint density at radius 1 is 1.22 bits per heavy atom. The summed E-state index contributed by atoms with van der Waals surface area (Å²) in [6.45, 7) is 6.78. The standard InChI is InChI=1S/C16H24O2/c1-4-7-8-10-13(5-2)14-11-9-12-15(16(14)17)18-6-3/h7-9,11-13,17H,4-6,10H2,1-3H3/b8-7-. The largest absolute Gasteiger partial charge is 0.504 e. The van der Waals surface area contributed by atoms with Crippen molar-refractivity contribution in [2.75, 3.05) is 6.61 Å². The van der Waals surface area contributed by atoms with Gasteiger partial charge in [0.05, 0.1) is 6.61 Å². The lowest BCUT2D eigenvalue weighted by Gasteiger charge is -2.17. The van der Waals surface area contributed by atoms with Gasteiger partial charge in [0.15, 0.2) is 11.5 Å². The van der Waals surface area contributed by atoms with Gasteiger partial charge in [0, 0.05) is 5.56 Å². The second-order valence-corrected chi connectivity index (χ2v) is 4.35. The van der Waals surface area contributed by atoms with Crippen LogP contribution >= 0.6 is 0 Å². The van der Waals surface area contributed by atoms with Gasteiger partial charge in [-0.3, -0.25) is 0 Å². The van der Waals surface area contributed by atoms with Crippen LogP contribution < -0.4 is 4.74 Å². The summed E-state index contributed by atoms with van der Waals surface area (Å²) in [5, 5.41) is 10.2. The van der Waals surface area contributed by atoms with Gasteiger partial charge in [0.1, 0.15) is 0 Å². The number of benzene rings is 1. The lowest BCUT2D eigenvalue weighted by atomic mass is 9.92. The van der Waals surface area contributed by atoms with Crippen LogP contribution in [0.3, 0.4) is 0 Å². The summed E-state index contributed by atoms with van der Waals surface area (Å²) >= 11 is 0. The summed E-state index contributed by atoms with van der Waals surface area (Å²) in [4.78, 5) is 0. The van der Waals surface area contributed by atoms with Crippen molar-refractivity contribution in [1.82, 2.24) is 0 Å². The summed E-state index contributed by atoms with van der Waals surface area (Å²) in [6, 6.07) is 5.76. The van der Waals surface area contributed by atoms with Crippen molar-refractivity contribution in [3.63, 3.8) is 0 Å². The first-order valence-electron chi connectivity index (χ1n) is 6.84. The Morgan fingerprint density at radius 2 is 2.00 bits per heavy atom. The normalized spacial score (nSPS) is 12.8. The Hall–Kier alpha value is -1.44. The van der Waals surface area contributed by atoms with Crippen LogP contribution in [0.15, 0.2) is 30.4 Å². The third-order valence-corrected chi connectivity index (χ3v) is 3.09. The first-order valence-corrected chi connectivity index (χ1v) is 6.84. The highest BCUT2D eigenvalue weighted by Gasteiger charge is 2.15. The molecule has 100 valence electrons. The monoisotopic (exact) mass is 248 g/mol. The minimum absolute atomic E-state index is 0.302. The molecule has 2 heteroatoms. The summed E-state index contributed by atoms with van der Waals surface area (Å²) in [7, 11) is 0. The number of ether oxygens (including phenoxy) is 1. The van der Waals surface area contributed by atoms with Gasteiger partial charge in [0.25, 0.3) is 0 Å². The highest BCUT2D eigenvalue weighted by Crippen LogP contribution is 2.37. The fourth-order valence-corrected chi connectivity index (χ4v) is 2.08. The molecule has 0 spiro atoms. The fourth-order valence-electron chi connectivity index (χ4n) is 2.08. The molecule has 0 saturated heterocycles. The van der Waals surface area contributed by atoms with E-state index in [4.69, 9.17) is 4.74 Å². The molecule has 0 heterocycles. The SMILES string of the molecule is CC/C=C\CC(CC)c1cccc(OCC)c1O. The molecule has 18 heavy (non-hydrogen) atoms. The lowest BCUT2D eigenvalue weighted by Crippen LogP contribution is -1.99. The van der Waals surface area contributed by atoms with Crippen LogP contribution in [0.1, 0.15) is 51.5 Å². The topological polar surface area (TPSA) is 29.5 Å². The van der Waals surface area contributed by atoms with E-state index in [2.05, 4.69) is 26.0 Å². The van der Waals surface area contributed by atoms with Crippen LogP contribution in [0, 0.1) is 0 Å². The summed E-state index contributed by atoms with van der Waals surface area (Å²) in [5.41, 5.74) is 0.990. The van der Waals surface area contributed by atoms with Crippen molar-refractivity contribution in [2.24, 2.45) is 0 Å². The number of allylic oxidation sites excluding steroid dienone is 2. The molecule has 1 aromatic carbocycles. The second-order valence-electron chi connectivity index (χ2n) is 4.35. The van der Waals surface area contributed by atoms with E-state index >= 15 is 0 Å². The van der Waals surface area contributed by atoms with Crippen LogP contribution in [-0.2, 0) is 0 Å². The molecule has 1 aromatic rings. The molecule has 1 rings (SSSR count). The lowest BCUT2D eigenvalue weighted by molar-refractivity contribution is 0.315. The molecule has 0 aliphatic heterocycles. The van der Waals surface area contributed by atoms with Crippen LogP contribution in [0.25, 0.3) is 0 Å².